The molecule has 0 spiro atoms. The molecule has 0 heterocycles. The third kappa shape index (κ3) is 5.16. The monoisotopic (exact) mass is 378 g/mol. The molecule has 0 aliphatic heterocycles. The van der Waals surface area contributed by atoms with Gasteiger partial charge in [0.25, 0.3) is 0 Å². The molecule has 4 atom stereocenters. The molecule has 0 radical (unpaired) electrons. The molecule has 148 valence electrons. The fourth-order valence-corrected chi connectivity index (χ4v) is 5.56. The van der Waals surface area contributed by atoms with E-state index in [2.05, 4.69) is 46.9 Å². The minimum absolute atomic E-state index is 0.165. The van der Waals surface area contributed by atoms with Gasteiger partial charge in [0.15, 0.2) is 14.1 Å². The predicted octanol–water partition coefficient (Wildman–Crippen LogP) is 5.70. The molecule has 2 aliphatic rings. The highest BCUT2D eigenvalue weighted by Gasteiger charge is 2.50. The quantitative estimate of drug-likeness (QED) is 0.309. The largest absolute Gasteiger partial charge is 0.413 e. The summed E-state index contributed by atoms with van der Waals surface area (Å²) in [7, 11) is -1.86. The van der Waals surface area contributed by atoms with Gasteiger partial charge < -0.3 is 4.43 Å². The number of carbonyl (C=O) groups is 2. The van der Waals surface area contributed by atoms with E-state index in [0.29, 0.717) is 36.9 Å². The van der Waals surface area contributed by atoms with Crippen LogP contribution in [0.3, 0.4) is 0 Å². The van der Waals surface area contributed by atoms with Crippen LogP contribution in [0.25, 0.3) is 0 Å². The molecular formula is C22H38O3Si. The van der Waals surface area contributed by atoms with Crippen LogP contribution in [0.5, 0.6) is 0 Å². The summed E-state index contributed by atoms with van der Waals surface area (Å²) < 4.78 is 6.74. The molecule has 0 N–H and O–H groups in total. The minimum Gasteiger partial charge on any atom is -0.413 e. The van der Waals surface area contributed by atoms with Gasteiger partial charge in [-0.05, 0) is 48.9 Å². The van der Waals surface area contributed by atoms with Crippen LogP contribution in [-0.4, -0.2) is 26.0 Å². The maximum absolute atomic E-state index is 12.2. The van der Waals surface area contributed by atoms with Crippen molar-refractivity contribution in [3.63, 3.8) is 0 Å². The standard InChI is InChI=1S/C22H38O3Si/c1-7-8-9-10-17(23)11-12-19-20-15-18(24)13-16(20)14-21(19)25-26(5,6)22(2,3)4/h11-12,16,19-21H,7-10,13-15H2,1-6H3/b12-11+/t16-,19-,20-,21+/m0/s1. The van der Waals surface area contributed by atoms with Crippen molar-refractivity contribution in [1.29, 1.82) is 0 Å². The van der Waals surface area contributed by atoms with Crippen molar-refractivity contribution in [3.8, 4) is 0 Å². The van der Waals surface area contributed by atoms with Crippen molar-refractivity contribution in [2.45, 2.75) is 96.9 Å². The van der Waals surface area contributed by atoms with E-state index in [9.17, 15) is 9.59 Å². The minimum atomic E-state index is -1.86. The van der Waals surface area contributed by atoms with Gasteiger partial charge in [-0.1, -0.05) is 46.6 Å². The Labute approximate surface area is 161 Å². The van der Waals surface area contributed by atoms with Gasteiger partial charge in [-0.15, -0.1) is 0 Å². The normalized spacial score (nSPS) is 29.5. The van der Waals surface area contributed by atoms with E-state index in [4.69, 9.17) is 4.43 Å². The second kappa shape index (κ2) is 8.51. The summed E-state index contributed by atoms with van der Waals surface area (Å²) in [5, 5.41) is 0.171. The van der Waals surface area contributed by atoms with E-state index in [1.54, 1.807) is 6.08 Å². The zero-order valence-electron chi connectivity index (χ0n) is 17.6. The highest BCUT2D eigenvalue weighted by Crippen LogP contribution is 2.50. The number of allylic oxidation sites excluding steroid dienone is 1. The Morgan fingerprint density at radius 3 is 2.54 bits per heavy atom. The van der Waals surface area contributed by atoms with E-state index >= 15 is 0 Å². The maximum atomic E-state index is 12.2. The fourth-order valence-electron chi connectivity index (χ4n) is 4.20. The summed E-state index contributed by atoms with van der Waals surface area (Å²) in [6.45, 7) is 13.5. The van der Waals surface area contributed by atoms with Crippen LogP contribution in [0.1, 0.15) is 72.6 Å². The SMILES string of the molecule is CCCCCC(=O)/C=C/[C@H]1[C@H]2CC(=O)C[C@H]2C[C@H]1O[Si](C)(C)C(C)(C)C. The number of fused-ring (bicyclic) bond motifs is 1. The number of Topliss-reactive ketones (excluding diaryl/α,β-unsaturated/α-hetero) is 1. The van der Waals surface area contributed by atoms with Crippen LogP contribution in [0.2, 0.25) is 18.1 Å². The maximum Gasteiger partial charge on any atom is 0.192 e. The van der Waals surface area contributed by atoms with Gasteiger partial charge in [0, 0.05) is 25.2 Å². The molecule has 0 saturated heterocycles. The number of carbonyl (C=O) groups excluding carboxylic acids is 2. The molecule has 0 unspecified atom stereocenters. The smallest absolute Gasteiger partial charge is 0.192 e. The van der Waals surface area contributed by atoms with E-state index in [1.807, 2.05) is 0 Å². The molecule has 0 aromatic heterocycles. The summed E-state index contributed by atoms with van der Waals surface area (Å²) in [5.74, 6) is 1.64. The molecule has 4 heteroatoms. The number of rotatable bonds is 8. The van der Waals surface area contributed by atoms with Crippen LogP contribution < -0.4 is 0 Å². The zero-order chi connectivity index (χ0) is 19.5. The van der Waals surface area contributed by atoms with Gasteiger partial charge in [0.05, 0.1) is 6.10 Å². The summed E-state index contributed by atoms with van der Waals surface area (Å²) in [6, 6.07) is 0. The predicted molar refractivity (Wildman–Crippen MR) is 110 cm³/mol. The first kappa shape index (κ1) is 21.6. The van der Waals surface area contributed by atoms with Gasteiger partial charge in [-0.3, -0.25) is 9.59 Å². The molecular weight excluding hydrogens is 340 g/mol. The lowest BCUT2D eigenvalue weighted by Gasteiger charge is -2.40. The summed E-state index contributed by atoms with van der Waals surface area (Å²) in [4.78, 5) is 24.1. The van der Waals surface area contributed by atoms with Gasteiger partial charge in [-0.25, -0.2) is 0 Å². The molecule has 26 heavy (non-hydrogen) atoms. The third-order valence-electron chi connectivity index (χ3n) is 6.80. The van der Waals surface area contributed by atoms with Crippen LogP contribution in [0.4, 0.5) is 0 Å². The molecule has 2 fully saturated rings. The Morgan fingerprint density at radius 1 is 1.23 bits per heavy atom. The van der Waals surface area contributed by atoms with Gasteiger partial charge >= 0.3 is 0 Å². The van der Waals surface area contributed by atoms with E-state index < -0.39 is 8.32 Å². The van der Waals surface area contributed by atoms with Crippen molar-refractivity contribution in [3.05, 3.63) is 12.2 Å². The van der Waals surface area contributed by atoms with E-state index in [0.717, 1.165) is 25.7 Å². The lowest BCUT2D eigenvalue weighted by atomic mass is 9.90. The lowest BCUT2D eigenvalue weighted by Crippen LogP contribution is -2.45. The highest BCUT2D eigenvalue weighted by atomic mass is 28.4. The van der Waals surface area contributed by atoms with E-state index in [-0.39, 0.29) is 22.8 Å². The lowest BCUT2D eigenvalue weighted by molar-refractivity contribution is -0.118. The summed E-state index contributed by atoms with van der Waals surface area (Å²) in [6.07, 6.45) is 10.2. The first-order valence-corrected chi connectivity index (χ1v) is 13.4. The van der Waals surface area contributed by atoms with Crippen molar-refractivity contribution in [1.82, 2.24) is 0 Å². The van der Waals surface area contributed by atoms with Gasteiger partial charge in [0.1, 0.15) is 5.78 Å². The first-order valence-electron chi connectivity index (χ1n) is 10.5. The Kier molecular flexibility index (Phi) is 7.06. The number of hydrogen-bond donors (Lipinski definition) is 0. The Balaban J connectivity index is 2.09. The number of unbranched alkanes of at least 4 members (excludes halogenated alkanes) is 2. The van der Waals surface area contributed by atoms with E-state index in [1.165, 1.54) is 0 Å². The molecule has 0 aromatic rings. The Morgan fingerprint density at radius 2 is 1.92 bits per heavy atom. The number of ketones is 2. The molecule has 0 amide bonds. The van der Waals surface area contributed by atoms with Crippen molar-refractivity contribution >= 4 is 19.9 Å². The van der Waals surface area contributed by atoms with Crippen LogP contribution in [0, 0.1) is 17.8 Å². The summed E-state index contributed by atoms with van der Waals surface area (Å²) in [5.41, 5.74) is 0. The Hall–Kier alpha value is -0.743. The average molecular weight is 379 g/mol. The van der Waals surface area contributed by atoms with Crippen LogP contribution in [0.15, 0.2) is 12.2 Å². The van der Waals surface area contributed by atoms with Crippen LogP contribution >= 0.6 is 0 Å². The molecule has 2 saturated carbocycles. The fraction of sp³-hybridized carbons (Fsp3) is 0.818. The second-order valence-electron chi connectivity index (χ2n) is 9.88. The first-order chi connectivity index (χ1) is 12.0. The van der Waals surface area contributed by atoms with Gasteiger partial charge in [0.2, 0.25) is 0 Å². The topological polar surface area (TPSA) is 43.4 Å². The Bertz CT molecular complexity index is 544. The van der Waals surface area contributed by atoms with Crippen molar-refractivity contribution in [2.24, 2.45) is 17.8 Å². The third-order valence-corrected chi connectivity index (χ3v) is 11.3. The van der Waals surface area contributed by atoms with Crippen molar-refractivity contribution in [2.75, 3.05) is 0 Å². The molecule has 3 nitrogen and oxygen atoms in total. The highest BCUT2D eigenvalue weighted by molar-refractivity contribution is 6.74. The zero-order valence-corrected chi connectivity index (χ0v) is 18.6. The number of hydrogen-bond acceptors (Lipinski definition) is 3. The summed E-state index contributed by atoms with van der Waals surface area (Å²) >= 11 is 0. The van der Waals surface area contributed by atoms with Crippen molar-refractivity contribution < 1.29 is 14.0 Å². The van der Waals surface area contributed by atoms with Gasteiger partial charge in [-0.2, -0.15) is 0 Å². The average Bonchev–Trinajstić information content (AvgIpc) is 2.99. The molecule has 2 aliphatic carbocycles. The molecule has 0 aromatic carbocycles. The molecule has 2 rings (SSSR count). The molecule has 0 bridgehead atoms. The van der Waals surface area contributed by atoms with Crippen LogP contribution in [-0.2, 0) is 14.0 Å². The second-order valence-corrected chi connectivity index (χ2v) is 14.6.